The summed E-state index contributed by atoms with van der Waals surface area (Å²) < 4.78 is 24.5. The van der Waals surface area contributed by atoms with Crippen LogP contribution >= 0.6 is 0 Å². The minimum Gasteiger partial charge on any atom is -0.423 e. The number of rotatable bonds is 5. The number of benzene rings is 1. The van der Waals surface area contributed by atoms with Gasteiger partial charge in [-0.25, -0.2) is 9.18 Å². The summed E-state index contributed by atoms with van der Waals surface area (Å²) in [6.45, 7) is 3.95. The molecule has 23 heavy (non-hydrogen) atoms. The van der Waals surface area contributed by atoms with Gasteiger partial charge in [-0.15, -0.1) is 10.2 Å². The van der Waals surface area contributed by atoms with Gasteiger partial charge < -0.3 is 4.42 Å². The summed E-state index contributed by atoms with van der Waals surface area (Å²) in [6.07, 6.45) is 0.331. The highest BCUT2D eigenvalue weighted by Gasteiger charge is 2.16. The predicted octanol–water partition coefficient (Wildman–Crippen LogP) is 2.12. The van der Waals surface area contributed by atoms with Gasteiger partial charge in [0.25, 0.3) is 0 Å². The van der Waals surface area contributed by atoms with Crippen LogP contribution in [0.2, 0.25) is 0 Å². The summed E-state index contributed by atoms with van der Waals surface area (Å²) in [5, 5.41) is 11.6. The van der Waals surface area contributed by atoms with E-state index in [-0.39, 0.29) is 18.3 Å². The zero-order valence-corrected chi connectivity index (χ0v) is 12.7. The molecule has 0 N–H and O–H groups in total. The van der Waals surface area contributed by atoms with Gasteiger partial charge in [-0.05, 0) is 17.7 Å². The summed E-state index contributed by atoms with van der Waals surface area (Å²) in [6, 6.07) is 5.96. The van der Waals surface area contributed by atoms with E-state index in [4.69, 9.17) is 8.94 Å². The molecule has 0 fully saturated rings. The first-order valence-electron chi connectivity index (χ1n) is 7.15. The number of nitrogens with zero attached hydrogens (tertiary/aromatic N) is 4. The molecular formula is C15H15FN4O3. The van der Waals surface area contributed by atoms with Crippen LogP contribution in [0.1, 0.15) is 42.9 Å². The molecule has 0 amide bonds. The van der Waals surface area contributed by atoms with Crippen molar-refractivity contribution in [3.63, 3.8) is 0 Å². The Bertz CT molecular complexity index is 848. The maximum Gasteiger partial charge on any atom is 0.442 e. The Morgan fingerprint density at radius 1 is 1.22 bits per heavy atom. The van der Waals surface area contributed by atoms with Crippen LogP contribution in [0, 0.1) is 5.82 Å². The zero-order chi connectivity index (χ0) is 16.4. The summed E-state index contributed by atoms with van der Waals surface area (Å²) in [7, 11) is 0. The van der Waals surface area contributed by atoms with Crippen molar-refractivity contribution in [3.05, 3.63) is 63.8 Å². The van der Waals surface area contributed by atoms with Crippen molar-refractivity contribution >= 4 is 0 Å². The molecule has 3 rings (SSSR count). The lowest BCUT2D eigenvalue weighted by atomic mass is 10.1. The van der Waals surface area contributed by atoms with E-state index in [9.17, 15) is 9.18 Å². The van der Waals surface area contributed by atoms with E-state index < -0.39 is 5.76 Å². The normalized spacial score (nSPS) is 11.3. The molecule has 2 heterocycles. The number of aromatic nitrogens is 4. The van der Waals surface area contributed by atoms with Gasteiger partial charge in [-0.2, -0.15) is 0 Å². The van der Waals surface area contributed by atoms with Crippen LogP contribution in [-0.4, -0.2) is 19.9 Å². The van der Waals surface area contributed by atoms with Crippen molar-refractivity contribution in [2.45, 2.75) is 32.7 Å². The van der Waals surface area contributed by atoms with Crippen LogP contribution in [0.25, 0.3) is 0 Å². The van der Waals surface area contributed by atoms with E-state index in [0.29, 0.717) is 24.0 Å². The largest absolute Gasteiger partial charge is 0.442 e. The molecule has 0 bridgehead atoms. The van der Waals surface area contributed by atoms with Crippen LogP contribution < -0.4 is 5.76 Å². The van der Waals surface area contributed by atoms with Gasteiger partial charge >= 0.3 is 5.76 Å². The van der Waals surface area contributed by atoms with Gasteiger partial charge in [-0.3, -0.25) is 9.09 Å². The molecule has 3 aromatic rings. The summed E-state index contributed by atoms with van der Waals surface area (Å²) >= 11 is 0. The first kappa shape index (κ1) is 15.1. The first-order chi connectivity index (χ1) is 11.0. The topological polar surface area (TPSA) is 87.0 Å². The second-order valence-electron chi connectivity index (χ2n) is 5.44. The third kappa shape index (κ3) is 3.36. The van der Waals surface area contributed by atoms with E-state index in [1.165, 1.54) is 16.7 Å². The van der Waals surface area contributed by atoms with Crippen molar-refractivity contribution < 1.29 is 13.3 Å². The van der Waals surface area contributed by atoms with E-state index in [1.54, 1.807) is 12.1 Å². The van der Waals surface area contributed by atoms with Crippen LogP contribution in [0.3, 0.4) is 0 Å². The second-order valence-corrected chi connectivity index (χ2v) is 5.44. The average Bonchev–Trinajstić information content (AvgIpc) is 3.12. The first-order valence-corrected chi connectivity index (χ1v) is 7.15. The van der Waals surface area contributed by atoms with Crippen molar-refractivity contribution in [2.75, 3.05) is 0 Å². The van der Waals surface area contributed by atoms with E-state index in [1.807, 2.05) is 13.8 Å². The maximum atomic E-state index is 12.9. The quantitative estimate of drug-likeness (QED) is 0.716. The molecule has 0 saturated carbocycles. The van der Waals surface area contributed by atoms with Gasteiger partial charge in [0.2, 0.25) is 11.8 Å². The molecule has 8 heteroatoms. The van der Waals surface area contributed by atoms with E-state index >= 15 is 0 Å². The fourth-order valence-corrected chi connectivity index (χ4v) is 2.06. The summed E-state index contributed by atoms with van der Waals surface area (Å²) in [5.74, 6) is 0.397. The second kappa shape index (κ2) is 6.15. The molecule has 120 valence electrons. The molecule has 2 aromatic heterocycles. The van der Waals surface area contributed by atoms with Gasteiger partial charge in [0.05, 0.1) is 0 Å². The Balaban J connectivity index is 1.83. The van der Waals surface area contributed by atoms with Gasteiger partial charge in [0, 0.05) is 12.3 Å². The van der Waals surface area contributed by atoms with Crippen molar-refractivity contribution in [1.82, 2.24) is 19.9 Å². The van der Waals surface area contributed by atoms with E-state index in [2.05, 4.69) is 15.4 Å². The summed E-state index contributed by atoms with van der Waals surface area (Å²) in [5.41, 5.74) is 0.807. The zero-order valence-electron chi connectivity index (χ0n) is 12.7. The van der Waals surface area contributed by atoms with Crippen LogP contribution in [0.5, 0.6) is 0 Å². The van der Waals surface area contributed by atoms with Crippen molar-refractivity contribution in [3.8, 4) is 0 Å². The molecule has 1 aromatic carbocycles. The smallest absolute Gasteiger partial charge is 0.423 e. The molecule has 7 nitrogen and oxygen atoms in total. The monoisotopic (exact) mass is 318 g/mol. The van der Waals surface area contributed by atoms with E-state index in [0.717, 1.165) is 5.56 Å². The molecule has 0 radical (unpaired) electrons. The Hall–Kier alpha value is -2.77. The molecule has 0 unspecified atom stereocenters. The highest BCUT2D eigenvalue weighted by molar-refractivity contribution is 5.19. The van der Waals surface area contributed by atoms with Crippen molar-refractivity contribution in [1.29, 1.82) is 0 Å². The number of hydrogen-bond acceptors (Lipinski definition) is 6. The fraction of sp³-hybridized carbons (Fsp3) is 0.333. The molecule has 0 aliphatic heterocycles. The van der Waals surface area contributed by atoms with Crippen LogP contribution in [-0.2, 0) is 13.0 Å². The molecular weight excluding hydrogens is 303 g/mol. The predicted molar refractivity (Wildman–Crippen MR) is 77.5 cm³/mol. The van der Waals surface area contributed by atoms with Crippen LogP contribution in [0.15, 0.2) is 38.0 Å². The van der Waals surface area contributed by atoms with Gasteiger partial charge in [-0.1, -0.05) is 31.1 Å². The third-order valence-electron chi connectivity index (χ3n) is 3.31. The minimum atomic E-state index is -0.605. The minimum absolute atomic E-state index is 0.0819. The lowest BCUT2D eigenvalue weighted by molar-refractivity contribution is 0.369. The fourth-order valence-electron chi connectivity index (χ4n) is 2.06. The molecule has 0 spiro atoms. The Kier molecular flexibility index (Phi) is 4.05. The average molecular weight is 318 g/mol. The Morgan fingerprint density at radius 3 is 2.61 bits per heavy atom. The summed E-state index contributed by atoms with van der Waals surface area (Å²) in [4.78, 5) is 11.8. The lowest BCUT2D eigenvalue weighted by Gasteiger charge is -2.02. The SMILES string of the molecule is CC(C)c1nnc(Cn2c(Cc3ccc(F)cc3)noc2=O)o1. The Morgan fingerprint density at radius 2 is 1.96 bits per heavy atom. The maximum absolute atomic E-state index is 12.9. The molecule has 0 saturated heterocycles. The third-order valence-corrected chi connectivity index (χ3v) is 3.31. The van der Waals surface area contributed by atoms with Gasteiger partial charge in [0.15, 0.2) is 5.82 Å². The van der Waals surface area contributed by atoms with Crippen LogP contribution in [0.4, 0.5) is 4.39 Å². The van der Waals surface area contributed by atoms with Gasteiger partial charge in [0.1, 0.15) is 12.4 Å². The highest BCUT2D eigenvalue weighted by atomic mass is 19.1. The molecule has 0 atom stereocenters. The molecule has 0 aliphatic rings. The molecule has 0 aliphatic carbocycles. The van der Waals surface area contributed by atoms with Crippen molar-refractivity contribution in [2.24, 2.45) is 0 Å². The number of hydrogen-bond donors (Lipinski definition) is 0. The highest BCUT2D eigenvalue weighted by Crippen LogP contribution is 2.13. The lowest BCUT2D eigenvalue weighted by Crippen LogP contribution is -2.18. The number of halogens is 1. The Labute approximate surface area is 130 Å². The standard InChI is InChI=1S/C15H15FN4O3/c1-9(2)14-18-17-13(22-14)8-20-12(19-23-15(20)21)7-10-3-5-11(16)6-4-10/h3-6,9H,7-8H2,1-2H3.